The molecule has 2 aliphatic rings. The number of aromatic nitrogens is 3. The molecule has 3 heterocycles. The van der Waals surface area contributed by atoms with E-state index in [1.165, 1.54) is 12.8 Å². The largest absolute Gasteiger partial charge is 0.376 e. The minimum atomic E-state index is -0.0372. The molecule has 7 heteroatoms. The maximum atomic E-state index is 12.4. The van der Waals surface area contributed by atoms with Crippen molar-refractivity contribution >= 4 is 22.8 Å². The molecule has 4 rings (SSSR count). The topological polar surface area (TPSA) is 97.7 Å². The third-order valence-electron chi connectivity index (χ3n) is 5.13. The lowest BCUT2D eigenvalue weighted by molar-refractivity contribution is -0.129. The Bertz CT molecular complexity index is 904. The predicted molar refractivity (Wildman–Crippen MR) is 97.8 cm³/mol. The Morgan fingerprint density at radius 3 is 3.04 bits per heavy atom. The standard InChI is InChI=1S/C19H22N6O/c1-2-15(21-10-17(26)25-6-5-12(7-20)11-25)14-8-22-19-18(14)24-16(9-23-19)13-3-4-13/h2,8-9,12-13,21H,3-6,10-11H2,1H3,(H,22,23). The summed E-state index contributed by atoms with van der Waals surface area (Å²) in [6.07, 6.45) is 8.82. The van der Waals surface area contributed by atoms with E-state index in [2.05, 4.69) is 21.4 Å². The maximum absolute atomic E-state index is 12.4. The van der Waals surface area contributed by atoms with Crippen LogP contribution in [0.3, 0.4) is 0 Å². The van der Waals surface area contributed by atoms with Crippen LogP contribution in [0.4, 0.5) is 0 Å². The molecule has 26 heavy (non-hydrogen) atoms. The average molecular weight is 350 g/mol. The summed E-state index contributed by atoms with van der Waals surface area (Å²) in [4.78, 5) is 26.6. The number of carbonyl (C=O) groups excluding carboxylic acids is 1. The Hall–Kier alpha value is -2.88. The fraction of sp³-hybridized carbons (Fsp3) is 0.474. The Balaban J connectivity index is 1.47. The van der Waals surface area contributed by atoms with Crippen LogP contribution in [0, 0.1) is 17.2 Å². The number of nitriles is 1. The monoisotopic (exact) mass is 350 g/mol. The quantitative estimate of drug-likeness (QED) is 0.861. The number of allylic oxidation sites excluding steroid dienone is 1. The van der Waals surface area contributed by atoms with Crippen molar-refractivity contribution in [3.8, 4) is 6.07 Å². The van der Waals surface area contributed by atoms with Crippen molar-refractivity contribution in [2.75, 3.05) is 19.6 Å². The second-order valence-corrected chi connectivity index (χ2v) is 6.98. The predicted octanol–water partition coefficient (Wildman–Crippen LogP) is 2.16. The van der Waals surface area contributed by atoms with Crippen LogP contribution in [0.25, 0.3) is 16.9 Å². The summed E-state index contributed by atoms with van der Waals surface area (Å²) < 4.78 is 0. The highest BCUT2D eigenvalue weighted by Crippen LogP contribution is 2.39. The zero-order chi connectivity index (χ0) is 18.1. The number of nitrogens with zero attached hydrogens (tertiary/aromatic N) is 4. The van der Waals surface area contributed by atoms with E-state index < -0.39 is 0 Å². The summed E-state index contributed by atoms with van der Waals surface area (Å²) >= 11 is 0. The van der Waals surface area contributed by atoms with Crippen molar-refractivity contribution in [1.29, 1.82) is 5.26 Å². The number of aromatic amines is 1. The van der Waals surface area contributed by atoms with E-state index in [0.29, 0.717) is 19.0 Å². The van der Waals surface area contributed by atoms with Crippen molar-refractivity contribution in [1.82, 2.24) is 25.2 Å². The molecule has 0 spiro atoms. The summed E-state index contributed by atoms with van der Waals surface area (Å²) in [5.41, 5.74) is 4.44. The van der Waals surface area contributed by atoms with Crippen LogP contribution in [0.2, 0.25) is 0 Å². The molecule has 0 bridgehead atoms. The molecule has 1 amide bonds. The summed E-state index contributed by atoms with van der Waals surface area (Å²) in [5.74, 6) is 0.526. The number of hydrogen-bond donors (Lipinski definition) is 2. The van der Waals surface area contributed by atoms with Gasteiger partial charge in [0.15, 0.2) is 5.65 Å². The summed E-state index contributed by atoms with van der Waals surface area (Å²) in [6.45, 7) is 3.34. The smallest absolute Gasteiger partial charge is 0.241 e. The molecular weight excluding hydrogens is 328 g/mol. The number of fused-ring (bicyclic) bond motifs is 1. The van der Waals surface area contributed by atoms with Gasteiger partial charge in [-0.05, 0) is 26.2 Å². The van der Waals surface area contributed by atoms with Gasteiger partial charge in [-0.1, -0.05) is 6.08 Å². The van der Waals surface area contributed by atoms with Gasteiger partial charge in [0.2, 0.25) is 5.91 Å². The molecule has 1 atom stereocenters. The maximum Gasteiger partial charge on any atom is 0.241 e. The van der Waals surface area contributed by atoms with Crippen molar-refractivity contribution in [2.45, 2.75) is 32.1 Å². The van der Waals surface area contributed by atoms with Crippen molar-refractivity contribution in [3.63, 3.8) is 0 Å². The van der Waals surface area contributed by atoms with Gasteiger partial charge in [0.05, 0.1) is 30.4 Å². The van der Waals surface area contributed by atoms with Crippen LogP contribution in [0.5, 0.6) is 0 Å². The van der Waals surface area contributed by atoms with E-state index >= 15 is 0 Å². The van der Waals surface area contributed by atoms with Crippen LogP contribution in [0.15, 0.2) is 18.5 Å². The zero-order valence-electron chi connectivity index (χ0n) is 14.8. The van der Waals surface area contributed by atoms with Gasteiger partial charge in [0.1, 0.15) is 5.52 Å². The fourth-order valence-corrected chi connectivity index (χ4v) is 3.41. The van der Waals surface area contributed by atoms with E-state index in [1.807, 2.05) is 25.4 Å². The van der Waals surface area contributed by atoms with Gasteiger partial charge in [-0.15, -0.1) is 0 Å². The SMILES string of the molecule is CC=C(NCC(=O)N1CCC(C#N)C1)c1c[nH]c2ncc(C3CC3)nc12. The van der Waals surface area contributed by atoms with Crippen LogP contribution in [-0.4, -0.2) is 45.4 Å². The zero-order valence-corrected chi connectivity index (χ0v) is 14.8. The summed E-state index contributed by atoms with van der Waals surface area (Å²) in [6, 6.07) is 2.24. The van der Waals surface area contributed by atoms with E-state index in [-0.39, 0.29) is 18.4 Å². The number of hydrogen-bond acceptors (Lipinski definition) is 5. The number of nitrogens with one attached hydrogen (secondary N) is 2. The molecule has 0 aromatic carbocycles. The average Bonchev–Trinajstić information content (AvgIpc) is 3.26. The van der Waals surface area contributed by atoms with E-state index in [0.717, 1.165) is 34.5 Å². The van der Waals surface area contributed by atoms with Crippen molar-refractivity contribution < 1.29 is 4.79 Å². The van der Waals surface area contributed by atoms with E-state index in [1.54, 1.807) is 4.90 Å². The Labute approximate surface area is 152 Å². The van der Waals surface area contributed by atoms with Gasteiger partial charge in [0, 0.05) is 36.5 Å². The third kappa shape index (κ3) is 3.15. The highest BCUT2D eigenvalue weighted by molar-refractivity contribution is 5.88. The van der Waals surface area contributed by atoms with Crippen LogP contribution in [0.1, 0.15) is 43.4 Å². The third-order valence-corrected chi connectivity index (χ3v) is 5.13. The van der Waals surface area contributed by atoms with Gasteiger partial charge >= 0.3 is 0 Å². The first kappa shape index (κ1) is 16.6. The summed E-state index contributed by atoms with van der Waals surface area (Å²) in [7, 11) is 0. The van der Waals surface area contributed by atoms with Crippen molar-refractivity contribution in [2.24, 2.45) is 5.92 Å². The molecule has 1 aliphatic carbocycles. The van der Waals surface area contributed by atoms with E-state index in [9.17, 15) is 4.79 Å². The minimum Gasteiger partial charge on any atom is -0.376 e. The second-order valence-electron chi connectivity index (χ2n) is 6.98. The van der Waals surface area contributed by atoms with E-state index in [4.69, 9.17) is 10.2 Å². The van der Waals surface area contributed by atoms with Crippen LogP contribution in [-0.2, 0) is 4.79 Å². The fourth-order valence-electron chi connectivity index (χ4n) is 3.41. The molecule has 2 N–H and O–H groups in total. The van der Waals surface area contributed by atoms with Gasteiger partial charge < -0.3 is 15.2 Å². The summed E-state index contributed by atoms with van der Waals surface area (Å²) in [5, 5.41) is 12.2. The van der Waals surface area contributed by atoms with Gasteiger partial charge in [0.25, 0.3) is 0 Å². The lowest BCUT2D eigenvalue weighted by atomic mass is 10.1. The molecule has 2 aromatic rings. The molecule has 1 saturated heterocycles. The Morgan fingerprint density at radius 1 is 1.50 bits per heavy atom. The molecule has 1 aliphatic heterocycles. The first-order valence-corrected chi connectivity index (χ1v) is 9.11. The lowest BCUT2D eigenvalue weighted by Crippen LogP contribution is -2.36. The number of likely N-dealkylation sites (tertiary alicyclic amines) is 1. The first-order valence-electron chi connectivity index (χ1n) is 9.11. The van der Waals surface area contributed by atoms with Gasteiger partial charge in [-0.2, -0.15) is 5.26 Å². The second kappa shape index (κ2) is 6.79. The molecule has 1 saturated carbocycles. The molecule has 2 aromatic heterocycles. The van der Waals surface area contributed by atoms with Crippen LogP contribution < -0.4 is 5.32 Å². The van der Waals surface area contributed by atoms with Gasteiger partial charge in [-0.3, -0.25) is 4.79 Å². The van der Waals surface area contributed by atoms with Gasteiger partial charge in [-0.25, -0.2) is 9.97 Å². The number of amides is 1. The molecule has 134 valence electrons. The highest BCUT2D eigenvalue weighted by Gasteiger charge is 2.27. The molecular formula is C19H22N6O. The lowest BCUT2D eigenvalue weighted by Gasteiger charge is -2.17. The number of carbonyl (C=O) groups is 1. The highest BCUT2D eigenvalue weighted by atomic mass is 16.2. The number of H-pyrrole nitrogens is 1. The normalized spacial score (nSPS) is 20.4. The number of rotatable bonds is 5. The first-order chi connectivity index (χ1) is 12.7. The molecule has 2 fully saturated rings. The Morgan fingerprint density at radius 2 is 2.35 bits per heavy atom. The van der Waals surface area contributed by atoms with Crippen molar-refractivity contribution in [3.05, 3.63) is 29.7 Å². The molecule has 0 radical (unpaired) electrons. The molecule has 1 unspecified atom stereocenters. The van der Waals surface area contributed by atoms with Crippen LogP contribution >= 0.6 is 0 Å². The Kier molecular flexibility index (Phi) is 4.33. The molecule has 7 nitrogen and oxygen atoms in total. The minimum absolute atomic E-state index is 0.0201.